The molecule has 80 valence electrons. The summed E-state index contributed by atoms with van der Waals surface area (Å²) >= 11 is 0. The molecular weight excluding hydrogens is 186 g/mol. The van der Waals surface area contributed by atoms with E-state index in [9.17, 15) is 0 Å². The van der Waals surface area contributed by atoms with Crippen molar-refractivity contribution in [2.75, 3.05) is 11.4 Å². The van der Waals surface area contributed by atoms with E-state index in [-0.39, 0.29) is 0 Å². The van der Waals surface area contributed by atoms with Crippen molar-refractivity contribution in [2.24, 2.45) is 5.73 Å². The molecule has 15 heavy (non-hydrogen) atoms. The first-order chi connectivity index (χ1) is 7.35. The van der Waals surface area contributed by atoms with Gasteiger partial charge in [0.15, 0.2) is 0 Å². The van der Waals surface area contributed by atoms with Crippen LogP contribution in [0.15, 0.2) is 30.9 Å². The zero-order chi connectivity index (χ0) is 10.7. The van der Waals surface area contributed by atoms with Crippen LogP contribution in [0.3, 0.4) is 0 Å². The van der Waals surface area contributed by atoms with Crippen molar-refractivity contribution in [1.29, 1.82) is 0 Å². The van der Waals surface area contributed by atoms with E-state index in [4.69, 9.17) is 5.73 Å². The number of rotatable bonds is 5. The summed E-state index contributed by atoms with van der Waals surface area (Å²) in [6.07, 6.45) is 4.46. The van der Waals surface area contributed by atoms with Crippen molar-refractivity contribution in [2.45, 2.75) is 25.4 Å². The molecule has 0 radical (unpaired) electrons. The molecule has 0 amide bonds. The average Bonchev–Trinajstić information content (AvgIpc) is 3.10. The van der Waals surface area contributed by atoms with Crippen molar-refractivity contribution >= 4 is 5.82 Å². The van der Waals surface area contributed by atoms with Gasteiger partial charge < -0.3 is 10.6 Å². The molecule has 0 atom stereocenters. The van der Waals surface area contributed by atoms with Gasteiger partial charge in [0, 0.05) is 19.1 Å². The second-order valence-corrected chi connectivity index (χ2v) is 3.86. The van der Waals surface area contributed by atoms with Gasteiger partial charge in [0.05, 0.1) is 5.69 Å². The Morgan fingerprint density at radius 2 is 2.33 bits per heavy atom. The monoisotopic (exact) mass is 203 g/mol. The molecule has 2 N–H and O–H groups in total. The number of hydrogen-bond donors (Lipinski definition) is 1. The minimum Gasteiger partial charge on any atom is -0.350 e. The van der Waals surface area contributed by atoms with Gasteiger partial charge in [0.25, 0.3) is 0 Å². The lowest BCUT2D eigenvalue weighted by Gasteiger charge is -2.22. The van der Waals surface area contributed by atoms with Crippen LogP contribution in [0.4, 0.5) is 5.82 Å². The fraction of sp³-hybridized carbons (Fsp3) is 0.417. The Bertz CT molecular complexity index is 344. The van der Waals surface area contributed by atoms with E-state index in [1.165, 1.54) is 12.8 Å². The van der Waals surface area contributed by atoms with Crippen molar-refractivity contribution in [3.63, 3.8) is 0 Å². The fourth-order valence-corrected chi connectivity index (χ4v) is 1.70. The predicted molar refractivity (Wildman–Crippen MR) is 62.7 cm³/mol. The van der Waals surface area contributed by atoms with Gasteiger partial charge in [-0.1, -0.05) is 12.1 Å². The molecule has 1 aliphatic rings. The Morgan fingerprint density at radius 1 is 1.53 bits per heavy atom. The molecule has 3 nitrogen and oxygen atoms in total. The van der Waals surface area contributed by atoms with E-state index in [1.807, 2.05) is 24.3 Å². The summed E-state index contributed by atoms with van der Waals surface area (Å²) < 4.78 is 0. The van der Waals surface area contributed by atoms with E-state index < -0.39 is 0 Å². The number of anilines is 1. The Morgan fingerprint density at radius 3 is 2.93 bits per heavy atom. The molecule has 3 heteroatoms. The maximum absolute atomic E-state index is 5.58. The molecule has 0 aromatic carbocycles. The summed E-state index contributed by atoms with van der Waals surface area (Å²) in [4.78, 5) is 6.82. The van der Waals surface area contributed by atoms with Gasteiger partial charge in [-0.2, -0.15) is 0 Å². The molecule has 2 rings (SSSR count). The van der Waals surface area contributed by atoms with Gasteiger partial charge in [0.2, 0.25) is 0 Å². The summed E-state index contributed by atoms with van der Waals surface area (Å²) in [7, 11) is 0. The number of aromatic nitrogens is 1. The third kappa shape index (κ3) is 2.36. The van der Waals surface area contributed by atoms with E-state index in [0.29, 0.717) is 12.6 Å². The van der Waals surface area contributed by atoms with E-state index in [0.717, 1.165) is 18.1 Å². The molecule has 1 fully saturated rings. The van der Waals surface area contributed by atoms with Crippen molar-refractivity contribution in [1.82, 2.24) is 4.98 Å². The zero-order valence-corrected chi connectivity index (χ0v) is 8.89. The van der Waals surface area contributed by atoms with Crippen LogP contribution in [0.5, 0.6) is 0 Å². The van der Waals surface area contributed by atoms with E-state index >= 15 is 0 Å². The maximum atomic E-state index is 5.58. The Balaban J connectivity index is 2.20. The van der Waals surface area contributed by atoms with E-state index in [1.54, 1.807) is 0 Å². The van der Waals surface area contributed by atoms with Crippen molar-refractivity contribution < 1.29 is 0 Å². The Labute approximate surface area is 90.6 Å². The van der Waals surface area contributed by atoms with Gasteiger partial charge in [0.1, 0.15) is 5.82 Å². The van der Waals surface area contributed by atoms with Crippen LogP contribution in [-0.4, -0.2) is 17.6 Å². The Hall–Kier alpha value is -1.35. The highest BCUT2D eigenvalue weighted by Gasteiger charge is 2.29. The normalized spacial score (nSPS) is 15.0. The van der Waals surface area contributed by atoms with Gasteiger partial charge in [-0.05, 0) is 25.0 Å². The summed E-state index contributed by atoms with van der Waals surface area (Å²) in [6, 6.07) is 6.68. The SMILES string of the molecule is C=CCN(c1cccc(CN)n1)C1CC1. The summed E-state index contributed by atoms with van der Waals surface area (Å²) in [5.74, 6) is 1.03. The molecule has 0 aliphatic heterocycles. The number of nitrogens with two attached hydrogens (primary N) is 1. The third-order valence-electron chi connectivity index (χ3n) is 2.61. The molecule has 0 spiro atoms. The average molecular weight is 203 g/mol. The molecule has 0 saturated heterocycles. The van der Waals surface area contributed by atoms with Crippen LogP contribution in [0.2, 0.25) is 0 Å². The standard InChI is InChI=1S/C12H17N3/c1-2-8-15(11-6-7-11)12-5-3-4-10(9-13)14-12/h2-5,11H,1,6-9,13H2. The lowest BCUT2D eigenvalue weighted by atomic mass is 10.3. The molecule has 1 aromatic heterocycles. The highest BCUT2D eigenvalue weighted by atomic mass is 15.2. The van der Waals surface area contributed by atoms with Crippen LogP contribution in [0.1, 0.15) is 18.5 Å². The molecule has 0 unspecified atom stereocenters. The topological polar surface area (TPSA) is 42.1 Å². The number of nitrogens with zero attached hydrogens (tertiary/aromatic N) is 2. The van der Waals surface area contributed by atoms with Gasteiger partial charge in [-0.15, -0.1) is 6.58 Å². The van der Waals surface area contributed by atoms with Crippen LogP contribution in [0.25, 0.3) is 0 Å². The van der Waals surface area contributed by atoms with E-state index in [2.05, 4.69) is 16.5 Å². The molecular formula is C12H17N3. The fourth-order valence-electron chi connectivity index (χ4n) is 1.70. The second kappa shape index (κ2) is 4.45. The van der Waals surface area contributed by atoms with Gasteiger partial charge in [-0.3, -0.25) is 0 Å². The lowest BCUT2D eigenvalue weighted by molar-refractivity contribution is 0.830. The van der Waals surface area contributed by atoms with Crippen LogP contribution in [0, 0.1) is 0 Å². The second-order valence-electron chi connectivity index (χ2n) is 3.86. The van der Waals surface area contributed by atoms with Crippen molar-refractivity contribution in [3.8, 4) is 0 Å². The Kier molecular flexibility index (Phi) is 3.02. The van der Waals surface area contributed by atoms with Gasteiger partial charge in [-0.25, -0.2) is 4.98 Å². The van der Waals surface area contributed by atoms with Crippen LogP contribution >= 0.6 is 0 Å². The largest absolute Gasteiger partial charge is 0.350 e. The minimum atomic E-state index is 0.500. The highest BCUT2D eigenvalue weighted by Crippen LogP contribution is 2.30. The molecule has 1 heterocycles. The number of pyridine rings is 1. The zero-order valence-electron chi connectivity index (χ0n) is 8.89. The van der Waals surface area contributed by atoms with Gasteiger partial charge >= 0.3 is 0 Å². The lowest BCUT2D eigenvalue weighted by Crippen LogP contribution is -2.26. The number of hydrogen-bond acceptors (Lipinski definition) is 3. The first-order valence-electron chi connectivity index (χ1n) is 5.38. The third-order valence-corrected chi connectivity index (χ3v) is 2.61. The van der Waals surface area contributed by atoms with Crippen LogP contribution in [-0.2, 0) is 6.54 Å². The summed E-state index contributed by atoms with van der Waals surface area (Å²) in [5.41, 5.74) is 6.53. The minimum absolute atomic E-state index is 0.500. The maximum Gasteiger partial charge on any atom is 0.129 e. The highest BCUT2D eigenvalue weighted by molar-refractivity contribution is 5.43. The first kappa shape index (κ1) is 10.2. The van der Waals surface area contributed by atoms with Crippen molar-refractivity contribution in [3.05, 3.63) is 36.5 Å². The smallest absolute Gasteiger partial charge is 0.129 e. The molecule has 1 aromatic rings. The molecule has 0 bridgehead atoms. The van der Waals surface area contributed by atoms with Crippen LogP contribution < -0.4 is 10.6 Å². The first-order valence-corrected chi connectivity index (χ1v) is 5.38. The summed E-state index contributed by atoms with van der Waals surface area (Å²) in [6.45, 7) is 5.15. The summed E-state index contributed by atoms with van der Waals surface area (Å²) in [5, 5.41) is 0. The quantitative estimate of drug-likeness (QED) is 0.740. The molecule has 1 saturated carbocycles. The molecule has 1 aliphatic carbocycles. The predicted octanol–water partition coefficient (Wildman–Crippen LogP) is 1.70.